The van der Waals surface area contributed by atoms with Gasteiger partial charge in [-0.3, -0.25) is 19.1 Å². The number of aromatic nitrogens is 2. The van der Waals surface area contributed by atoms with E-state index in [1.54, 1.807) is 36.2 Å². The summed E-state index contributed by atoms with van der Waals surface area (Å²) in [5.74, 6) is -0.739. The summed E-state index contributed by atoms with van der Waals surface area (Å²) in [7, 11) is 1.70. The van der Waals surface area contributed by atoms with Gasteiger partial charge in [-0.2, -0.15) is 0 Å². The highest BCUT2D eigenvalue weighted by molar-refractivity contribution is 6.37. The molecular weight excluding hydrogens is 421 g/mol. The number of likely N-dealkylation sites (N-methyl/N-ethyl adjacent to an activating group) is 1. The Morgan fingerprint density at radius 3 is 2.62 bits per heavy atom. The molecule has 0 bridgehead atoms. The highest BCUT2D eigenvalue weighted by atomic mass is 35.5. The third-order valence-electron chi connectivity index (χ3n) is 4.48. The molecule has 0 fully saturated rings. The number of hydrogen-bond acceptors (Lipinski definition) is 6. The molecule has 2 aromatic carbocycles. The summed E-state index contributed by atoms with van der Waals surface area (Å²) in [5, 5.41) is 3.77. The number of anilines is 1. The number of ketones is 1. The average Bonchev–Trinajstić information content (AvgIpc) is 3.22. The number of Topliss-reactive ketones (excluding diaryl/α,β-unsaturated/α-hetero) is 1. The van der Waals surface area contributed by atoms with Crippen LogP contribution in [-0.4, -0.2) is 28.9 Å². The normalized spacial score (nSPS) is 12.9. The zero-order chi connectivity index (χ0) is 20.7. The van der Waals surface area contributed by atoms with Crippen LogP contribution in [0, 0.1) is 0 Å². The predicted octanol–water partition coefficient (Wildman–Crippen LogP) is 3.41. The maximum Gasteiger partial charge on any atom is 0.439 e. The Bertz CT molecular complexity index is 1180. The first kappa shape index (κ1) is 19.2. The van der Waals surface area contributed by atoms with Crippen LogP contribution in [0.5, 0.6) is 11.5 Å². The van der Waals surface area contributed by atoms with E-state index in [0.29, 0.717) is 17.7 Å². The third kappa shape index (κ3) is 3.76. The Balaban J connectivity index is 1.56. The van der Waals surface area contributed by atoms with Gasteiger partial charge in [0.1, 0.15) is 5.75 Å². The van der Waals surface area contributed by atoms with E-state index < -0.39 is 11.5 Å². The molecule has 0 radical (unpaired) electrons. The van der Waals surface area contributed by atoms with Gasteiger partial charge in [-0.1, -0.05) is 34.4 Å². The van der Waals surface area contributed by atoms with Gasteiger partial charge in [-0.25, -0.2) is 4.79 Å². The van der Waals surface area contributed by atoms with Crippen molar-refractivity contribution < 1.29 is 18.8 Å². The van der Waals surface area contributed by atoms with Crippen molar-refractivity contribution in [3.63, 3.8) is 0 Å². The van der Waals surface area contributed by atoms with Crippen LogP contribution >= 0.6 is 23.2 Å². The molecule has 0 saturated heterocycles. The standard InChI is InChI=1S/C19H13Cl2N3O5/c1-24-14-8-11(3-2-10(14)7-16(24)26)28-17-12(20)4-9(5-13(17)21)6-15(25)18-22-19(27)29-23-18/h2-5,8H,6-7H2,1H3,(H,22,23,27). The van der Waals surface area contributed by atoms with Gasteiger partial charge in [0.25, 0.3) is 0 Å². The topological polar surface area (TPSA) is 106 Å². The van der Waals surface area contributed by atoms with Crippen LogP contribution in [0.2, 0.25) is 10.0 Å². The number of nitrogens with one attached hydrogen (secondary N) is 1. The Morgan fingerprint density at radius 1 is 1.24 bits per heavy atom. The monoisotopic (exact) mass is 433 g/mol. The van der Waals surface area contributed by atoms with E-state index in [4.69, 9.17) is 27.9 Å². The summed E-state index contributed by atoms with van der Waals surface area (Å²) in [5.41, 5.74) is 2.20. The number of amides is 1. The molecule has 1 aliphatic rings. The lowest BCUT2D eigenvalue weighted by atomic mass is 10.1. The molecule has 1 aromatic heterocycles. The number of ether oxygens (including phenoxy) is 1. The van der Waals surface area contributed by atoms with Gasteiger partial charge in [0.15, 0.2) is 5.75 Å². The Labute approximate surface area is 174 Å². The van der Waals surface area contributed by atoms with E-state index in [9.17, 15) is 14.4 Å². The van der Waals surface area contributed by atoms with Gasteiger partial charge in [0.05, 0.1) is 22.2 Å². The predicted molar refractivity (Wildman–Crippen MR) is 105 cm³/mol. The van der Waals surface area contributed by atoms with Crippen molar-refractivity contribution in [1.82, 2.24) is 10.1 Å². The van der Waals surface area contributed by atoms with Crippen molar-refractivity contribution in [3.8, 4) is 11.5 Å². The number of carbonyl (C=O) groups is 2. The van der Waals surface area contributed by atoms with Gasteiger partial charge in [0.2, 0.25) is 17.5 Å². The largest absolute Gasteiger partial charge is 0.454 e. The van der Waals surface area contributed by atoms with Crippen LogP contribution in [0.4, 0.5) is 5.69 Å². The van der Waals surface area contributed by atoms with E-state index in [1.807, 2.05) is 6.07 Å². The molecule has 0 spiro atoms. The number of halogens is 2. The second kappa shape index (κ2) is 7.38. The molecule has 10 heteroatoms. The fourth-order valence-electron chi connectivity index (χ4n) is 3.03. The summed E-state index contributed by atoms with van der Waals surface area (Å²) in [6.45, 7) is 0. The lowest BCUT2D eigenvalue weighted by Crippen LogP contribution is -2.20. The smallest absolute Gasteiger partial charge is 0.439 e. The number of rotatable bonds is 5. The number of carbonyl (C=O) groups excluding carboxylic acids is 2. The quantitative estimate of drug-likeness (QED) is 0.617. The molecule has 4 rings (SSSR count). The highest BCUT2D eigenvalue weighted by Gasteiger charge is 2.24. The molecule has 0 atom stereocenters. The molecule has 29 heavy (non-hydrogen) atoms. The molecule has 0 saturated carbocycles. The summed E-state index contributed by atoms with van der Waals surface area (Å²) in [4.78, 5) is 38.7. The Hall–Kier alpha value is -3.10. The molecule has 1 aliphatic heterocycles. The molecule has 148 valence electrons. The lowest BCUT2D eigenvalue weighted by molar-refractivity contribution is -0.117. The van der Waals surface area contributed by atoms with Crippen molar-refractivity contribution in [2.75, 3.05) is 11.9 Å². The number of hydrogen-bond donors (Lipinski definition) is 1. The van der Waals surface area contributed by atoms with Crippen molar-refractivity contribution >= 4 is 40.6 Å². The fourth-order valence-corrected chi connectivity index (χ4v) is 3.64. The maximum atomic E-state index is 12.1. The number of fused-ring (bicyclic) bond motifs is 1. The van der Waals surface area contributed by atoms with E-state index >= 15 is 0 Å². The van der Waals surface area contributed by atoms with Gasteiger partial charge in [-0.15, -0.1) is 0 Å². The van der Waals surface area contributed by atoms with Crippen LogP contribution in [0.1, 0.15) is 21.7 Å². The van der Waals surface area contributed by atoms with Crippen LogP contribution in [0.25, 0.3) is 0 Å². The minimum atomic E-state index is -0.810. The van der Waals surface area contributed by atoms with E-state index in [-0.39, 0.29) is 33.9 Å². The first-order valence-electron chi connectivity index (χ1n) is 8.46. The summed E-state index contributed by atoms with van der Waals surface area (Å²) in [6, 6.07) is 8.38. The maximum absolute atomic E-state index is 12.1. The van der Waals surface area contributed by atoms with Crippen LogP contribution in [0.15, 0.2) is 39.6 Å². The lowest BCUT2D eigenvalue weighted by Gasteiger charge is -2.14. The number of aromatic amines is 1. The molecule has 3 aromatic rings. The van der Waals surface area contributed by atoms with Crippen molar-refractivity contribution in [2.45, 2.75) is 12.8 Å². The van der Waals surface area contributed by atoms with Crippen LogP contribution in [0.3, 0.4) is 0 Å². The Morgan fingerprint density at radius 2 is 1.97 bits per heavy atom. The minimum Gasteiger partial charge on any atom is -0.454 e. The number of benzene rings is 2. The van der Waals surface area contributed by atoms with E-state index in [1.165, 1.54) is 0 Å². The molecule has 0 aliphatic carbocycles. The average molecular weight is 434 g/mol. The van der Waals surface area contributed by atoms with Gasteiger partial charge in [-0.05, 0) is 29.3 Å². The summed E-state index contributed by atoms with van der Waals surface area (Å²) < 4.78 is 10.2. The van der Waals surface area contributed by atoms with Crippen molar-refractivity contribution in [1.29, 1.82) is 0 Å². The first-order valence-corrected chi connectivity index (χ1v) is 9.22. The molecule has 1 amide bonds. The van der Waals surface area contributed by atoms with Gasteiger partial charge in [0, 0.05) is 19.5 Å². The van der Waals surface area contributed by atoms with E-state index in [0.717, 1.165) is 11.3 Å². The molecule has 8 nitrogen and oxygen atoms in total. The SMILES string of the molecule is CN1C(=O)Cc2ccc(Oc3c(Cl)cc(CC(=O)c4noc(=O)[nH]4)cc3Cl)cc21. The molecule has 1 N–H and O–H groups in total. The molecule has 2 heterocycles. The molecular formula is C19H13Cl2N3O5. The van der Waals surface area contributed by atoms with Crippen LogP contribution < -0.4 is 15.4 Å². The van der Waals surface area contributed by atoms with Crippen molar-refractivity contribution in [2.24, 2.45) is 0 Å². The van der Waals surface area contributed by atoms with Gasteiger partial charge < -0.3 is 9.64 Å². The second-order valence-electron chi connectivity index (χ2n) is 6.45. The summed E-state index contributed by atoms with van der Waals surface area (Å²) >= 11 is 12.6. The summed E-state index contributed by atoms with van der Waals surface area (Å²) in [6.07, 6.45) is 0.265. The third-order valence-corrected chi connectivity index (χ3v) is 5.04. The van der Waals surface area contributed by atoms with Crippen LogP contribution in [-0.2, 0) is 17.6 Å². The second-order valence-corrected chi connectivity index (χ2v) is 7.27. The molecule has 0 unspecified atom stereocenters. The van der Waals surface area contributed by atoms with E-state index in [2.05, 4.69) is 14.7 Å². The van der Waals surface area contributed by atoms with Gasteiger partial charge >= 0.3 is 5.76 Å². The Kier molecular flexibility index (Phi) is 4.89. The first-order chi connectivity index (χ1) is 13.8. The number of H-pyrrole nitrogens is 1. The minimum absolute atomic E-state index is 0.00990. The zero-order valence-corrected chi connectivity index (χ0v) is 16.5. The highest BCUT2D eigenvalue weighted by Crippen LogP contribution is 2.39. The fraction of sp³-hybridized carbons (Fsp3) is 0.158. The number of nitrogens with zero attached hydrogens (tertiary/aromatic N) is 2. The van der Waals surface area contributed by atoms with Crippen molar-refractivity contribution in [3.05, 3.63) is 67.9 Å². The zero-order valence-electron chi connectivity index (χ0n) is 15.0.